The molecule has 2 amide bonds. The van der Waals surface area contributed by atoms with Crippen LogP contribution in [0.15, 0.2) is 54.9 Å². The number of aromatic nitrogens is 6. The summed E-state index contributed by atoms with van der Waals surface area (Å²) in [6, 6.07) is 13.6. The molecule has 168 valence electrons. The third kappa shape index (κ3) is 5.21. The molecule has 0 atom stereocenters. The van der Waals surface area contributed by atoms with Gasteiger partial charge in [0.1, 0.15) is 18.7 Å². The molecule has 10 nitrogen and oxygen atoms in total. The van der Waals surface area contributed by atoms with Crippen molar-refractivity contribution in [3.8, 4) is 5.69 Å². The number of carbonyl (C=O) groups excluding carboxylic acids is 2. The third-order valence-corrected chi connectivity index (χ3v) is 4.95. The van der Waals surface area contributed by atoms with Gasteiger partial charge < -0.3 is 5.32 Å². The van der Waals surface area contributed by atoms with Crippen molar-refractivity contribution in [2.75, 3.05) is 5.32 Å². The zero-order chi connectivity index (χ0) is 23.4. The summed E-state index contributed by atoms with van der Waals surface area (Å²) in [5.74, 6) is -1.39. The van der Waals surface area contributed by atoms with Gasteiger partial charge in [-0.3, -0.25) is 14.9 Å². The minimum Gasteiger partial charge on any atom is -0.350 e. The number of nitrogens with zero attached hydrogens (tertiary/aromatic N) is 6. The molecule has 0 aliphatic heterocycles. The first-order chi connectivity index (χ1) is 15.9. The predicted molar refractivity (Wildman–Crippen MR) is 117 cm³/mol. The van der Waals surface area contributed by atoms with Crippen LogP contribution in [-0.4, -0.2) is 41.6 Å². The number of amides is 2. The fourth-order valence-electron chi connectivity index (χ4n) is 2.99. The number of carbonyl (C=O) groups is 2. The molecule has 33 heavy (non-hydrogen) atoms. The molecule has 0 saturated carbocycles. The SMILES string of the molecule is Cc1c(C(=O)Nc2ncn(CC(=O)NCc3ccccc3)n2)nnn1-c1ccc(F)c(Cl)c1. The average Bonchev–Trinajstić information content (AvgIpc) is 3.41. The second kappa shape index (κ2) is 9.57. The van der Waals surface area contributed by atoms with Gasteiger partial charge in [-0.25, -0.2) is 18.7 Å². The number of hydrogen-bond donors (Lipinski definition) is 2. The maximum Gasteiger partial charge on any atom is 0.280 e. The van der Waals surface area contributed by atoms with Crippen LogP contribution in [0.25, 0.3) is 5.69 Å². The normalized spacial score (nSPS) is 10.8. The van der Waals surface area contributed by atoms with Crippen LogP contribution in [0.3, 0.4) is 0 Å². The fraction of sp³-hybridized carbons (Fsp3) is 0.143. The molecular formula is C21H18ClFN8O2. The molecular weight excluding hydrogens is 451 g/mol. The van der Waals surface area contributed by atoms with Crippen molar-refractivity contribution >= 4 is 29.4 Å². The number of halogens is 2. The lowest BCUT2D eigenvalue weighted by molar-refractivity contribution is -0.122. The van der Waals surface area contributed by atoms with Crippen molar-refractivity contribution in [3.05, 3.63) is 82.6 Å². The maximum absolute atomic E-state index is 13.4. The molecule has 0 bridgehead atoms. The Hall–Kier alpha value is -4.12. The fourth-order valence-corrected chi connectivity index (χ4v) is 3.16. The molecule has 4 rings (SSSR count). The molecule has 0 radical (unpaired) electrons. The Morgan fingerprint density at radius 2 is 1.94 bits per heavy atom. The van der Waals surface area contributed by atoms with Gasteiger partial charge in [-0.15, -0.1) is 10.2 Å². The van der Waals surface area contributed by atoms with Crippen LogP contribution in [-0.2, 0) is 17.9 Å². The summed E-state index contributed by atoms with van der Waals surface area (Å²) in [5, 5.41) is 17.1. The molecule has 2 heterocycles. The number of benzene rings is 2. The zero-order valence-corrected chi connectivity index (χ0v) is 18.1. The molecule has 0 aliphatic rings. The second-order valence-corrected chi connectivity index (χ2v) is 7.42. The molecule has 12 heteroatoms. The lowest BCUT2D eigenvalue weighted by Gasteiger charge is -2.05. The highest BCUT2D eigenvalue weighted by molar-refractivity contribution is 6.30. The number of nitrogens with one attached hydrogen (secondary N) is 2. The number of anilines is 1. The van der Waals surface area contributed by atoms with Crippen molar-refractivity contribution < 1.29 is 14.0 Å². The largest absolute Gasteiger partial charge is 0.350 e. The van der Waals surface area contributed by atoms with Crippen molar-refractivity contribution in [2.45, 2.75) is 20.0 Å². The molecule has 4 aromatic rings. The summed E-state index contributed by atoms with van der Waals surface area (Å²) in [6.45, 7) is 1.97. The topological polar surface area (TPSA) is 120 Å². The van der Waals surface area contributed by atoms with E-state index in [4.69, 9.17) is 11.6 Å². The lowest BCUT2D eigenvalue weighted by Crippen LogP contribution is -2.27. The van der Waals surface area contributed by atoms with Crippen molar-refractivity contribution in [3.63, 3.8) is 0 Å². The van der Waals surface area contributed by atoms with Crippen molar-refractivity contribution in [1.29, 1.82) is 0 Å². The molecule has 0 saturated heterocycles. The first-order valence-electron chi connectivity index (χ1n) is 9.80. The quantitative estimate of drug-likeness (QED) is 0.430. The molecule has 0 unspecified atom stereocenters. The molecule has 0 fully saturated rings. The summed E-state index contributed by atoms with van der Waals surface area (Å²) in [6.07, 6.45) is 1.34. The number of hydrogen-bond acceptors (Lipinski definition) is 6. The van der Waals surface area contributed by atoms with E-state index >= 15 is 0 Å². The first-order valence-corrected chi connectivity index (χ1v) is 10.2. The van der Waals surface area contributed by atoms with Crippen LogP contribution in [0.2, 0.25) is 5.02 Å². The van der Waals surface area contributed by atoms with Crippen LogP contribution in [0.5, 0.6) is 0 Å². The summed E-state index contributed by atoms with van der Waals surface area (Å²) >= 11 is 5.82. The van der Waals surface area contributed by atoms with Crippen LogP contribution in [0.4, 0.5) is 10.3 Å². The van der Waals surface area contributed by atoms with Crippen LogP contribution in [0.1, 0.15) is 21.7 Å². The van der Waals surface area contributed by atoms with E-state index in [2.05, 4.69) is 31.0 Å². The minimum atomic E-state index is -0.585. The molecule has 0 spiro atoms. The molecule has 2 aromatic heterocycles. The standard InChI is InChI=1S/C21H18ClFN8O2/c1-13-19(27-29-31(13)15-7-8-17(23)16(22)9-15)20(33)26-21-25-12-30(28-21)11-18(32)24-10-14-5-3-2-4-6-14/h2-9,12H,10-11H2,1H3,(H,24,32)(H,26,28,33). The van der Waals surface area contributed by atoms with E-state index in [1.165, 1.54) is 33.9 Å². The van der Waals surface area contributed by atoms with E-state index in [9.17, 15) is 14.0 Å². The van der Waals surface area contributed by atoms with Crippen molar-refractivity contribution in [2.24, 2.45) is 0 Å². The lowest BCUT2D eigenvalue weighted by atomic mass is 10.2. The Labute approximate surface area is 192 Å². The monoisotopic (exact) mass is 468 g/mol. The minimum absolute atomic E-state index is 0.00892. The van der Waals surface area contributed by atoms with Gasteiger partial charge in [-0.2, -0.15) is 0 Å². The Kier molecular flexibility index (Phi) is 6.41. The first kappa shape index (κ1) is 22.1. The van der Waals surface area contributed by atoms with E-state index in [-0.39, 0.29) is 29.1 Å². The van der Waals surface area contributed by atoms with E-state index in [1.54, 1.807) is 6.92 Å². The van der Waals surface area contributed by atoms with Gasteiger partial charge in [0, 0.05) is 6.54 Å². The zero-order valence-electron chi connectivity index (χ0n) is 17.4. The summed E-state index contributed by atoms with van der Waals surface area (Å²) < 4.78 is 16.1. The van der Waals surface area contributed by atoms with Crippen LogP contribution >= 0.6 is 11.6 Å². The second-order valence-electron chi connectivity index (χ2n) is 7.02. The molecule has 2 aromatic carbocycles. The Bertz CT molecular complexity index is 1300. The van der Waals surface area contributed by atoms with Gasteiger partial charge in [0.15, 0.2) is 5.69 Å². The van der Waals surface area contributed by atoms with E-state index in [0.29, 0.717) is 17.9 Å². The van der Waals surface area contributed by atoms with Crippen LogP contribution < -0.4 is 10.6 Å². The van der Waals surface area contributed by atoms with Gasteiger partial charge in [-0.1, -0.05) is 47.1 Å². The predicted octanol–water partition coefficient (Wildman–Crippen LogP) is 2.53. The Morgan fingerprint density at radius 3 is 2.70 bits per heavy atom. The van der Waals surface area contributed by atoms with E-state index < -0.39 is 11.7 Å². The van der Waals surface area contributed by atoms with E-state index in [0.717, 1.165) is 5.56 Å². The summed E-state index contributed by atoms with van der Waals surface area (Å²) in [4.78, 5) is 28.7. The third-order valence-electron chi connectivity index (χ3n) is 4.66. The number of rotatable bonds is 7. The summed E-state index contributed by atoms with van der Waals surface area (Å²) in [5.41, 5.74) is 1.88. The maximum atomic E-state index is 13.4. The highest BCUT2D eigenvalue weighted by atomic mass is 35.5. The van der Waals surface area contributed by atoms with Gasteiger partial charge in [0.05, 0.1) is 16.4 Å². The molecule has 2 N–H and O–H groups in total. The Balaban J connectivity index is 1.37. The molecule has 0 aliphatic carbocycles. The Morgan fingerprint density at radius 1 is 1.15 bits per heavy atom. The smallest absolute Gasteiger partial charge is 0.280 e. The van der Waals surface area contributed by atoms with Crippen molar-refractivity contribution in [1.82, 2.24) is 35.1 Å². The van der Waals surface area contributed by atoms with E-state index in [1.807, 2.05) is 30.3 Å². The van der Waals surface area contributed by atoms with Gasteiger partial charge in [0.25, 0.3) is 5.91 Å². The van der Waals surface area contributed by atoms with Crippen LogP contribution in [0, 0.1) is 12.7 Å². The highest BCUT2D eigenvalue weighted by Crippen LogP contribution is 2.20. The van der Waals surface area contributed by atoms with Gasteiger partial charge in [-0.05, 0) is 30.7 Å². The van der Waals surface area contributed by atoms with Gasteiger partial charge >= 0.3 is 0 Å². The van der Waals surface area contributed by atoms with Gasteiger partial charge in [0.2, 0.25) is 11.9 Å². The summed E-state index contributed by atoms with van der Waals surface area (Å²) in [7, 11) is 0. The highest BCUT2D eigenvalue weighted by Gasteiger charge is 2.19. The average molecular weight is 469 g/mol.